The average Bonchev–Trinajstić information content (AvgIpc) is 2.51. The molecule has 1 aromatic heterocycles. The molecule has 3 aromatic rings. The molecule has 0 radical (unpaired) electrons. The van der Waals surface area contributed by atoms with Gasteiger partial charge in [-0.1, -0.05) is 18.2 Å². The number of fused-ring (bicyclic) bond motifs is 2. The van der Waals surface area contributed by atoms with Crippen molar-refractivity contribution >= 4 is 31.5 Å². The zero-order valence-electron chi connectivity index (χ0n) is 13.8. The maximum atomic E-state index is 12.7. The van der Waals surface area contributed by atoms with E-state index in [1.165, 1.54) is 0 Å². The first-order valence-corrected chi connectivity index (χ1v) is 8.58. The number of benzene rings is 2. The van der Waals surface area contributed by atoms with Crippen LogP contribution >= 0.6 is 11.3 Å². The van der Waals surface area contributed by atoms with E-state index >= 15 is 0 Å². The third-order valence-electron chi connectivity index (χ3n) is 3.82. The van der Waals surface area contributed by atoms with Gasteiger partial charge in [-0.15, -0.1) is 11.3 Å². The molecule has 0 aliphatic carbocycles. The molecule has 0 aliphatic heterocycles. The lowest BCUT2D eigenvalue weighted by atomic mass is 10.1. The SMILES string of the molecule is C[N+](C)(C)CCOCc1ccc2sc3ccccc3c(=O)c2c1. The van der Waals surface area contributed by atoms with Gasteiger partial charge in [0, 0.05) is 20.2 Å². The van der Waals surface area contributed by atoms with E-state index in [2.05, 4.69) is 27.2 Å². The Kier molecular flexibility index (Phi) is 4.48. The largest absolute Gasteiger partial charge is 0.371 e. The average molecular weight is 328 g/mol. The summed E-state index contributed by atoms with van der Waals surface area (Å²) in [6, 6.07) is 13.9. The van der Waals surface area contributed by atoms with Crippen LogP contribution in [0.1, 0.15) is 5.56 Å². The Labute approximate surface area is 140 Å². The van der Waals surface area contributed by atoms with Gasteiger partial charge in [0.05, 0.1) is 34.4 Å². The van der Waals surface area contributed by atoms with Gasteiger partial charge in [-0.25, -0.2) is 0 Å². The Morgan fingerprint density at radius 2 is 1.74 bits per heavy atom. The zero-order chi connectivity index (χ0) is 16.4. The second-order valence-corrected chi connectivity index (χ2v) is 7.91. The van der Waals surface area contributed by atoms with Crippen molar-refractivity contribution < 1.29 is 9.22 Å². The van der Waals surface area contributed by atoms with E-state index in [4.69, 9.17) is 4.74 Å². The van der Waals surface area contributed by atoms with Gasteiger partial charge in [-0.3, -0.25) is 4.79 Å². The highest BCUT2D eigenvalue weighted by Crippen LogP contribution is 2.25. The molecule has 0 aliphatic rings. The summed E-state index contributed by atoms with van der Waals surface area (Å²) in [7, 11) is 6.45. The highest BCUT2D eigenvalue weighted by atomic mass is 32.1. The normalized spacial score (nSPS) is 12.1. The fourth-order valence-corrected chi connectivity index (χ4v) is 3.52. The van der Waals surface area contributed by atoms with E-state index in [-0.39, 0.29) is 5.43 Å². The van der Waals surface area contributed by atoms with Gasteiger partial charge in [0.1, 0.15) is 6.54 Å². The lowest BCUT2D eigenvalue weighted by Gasteiger charge is -2.23. The molecule has 0 bridgehead atoms. The van der Waals surface area contributed by atoms with Crippen LogP contribution in [0.2, 0.25) is 0 Å². The monoisotopic (exact) mass is 328 g/mol. The van der Waals surface area contributed by atoms with Crippen LogP contribution in [-0.4, -0.2) is 38.8 Å². The molecule has 0 N–H and O–H groups in total. The molecule has 3 nitrogen and oxygen atoms in total. The highest BCUT2D eigenvalue weighted by Gasteiger charge is 2.08. The van der Waals surface area contributed by atoms with Crippen molar-refractivity contribution in [2.24, 2.45) is 0 Å². The summed E-state index contributed by atoms with van der Waals surface area (Å²) in [6.07, 6.45) is 0. The first-order chi connectivity index (χ1) is 10.9. The molecular formula is C19H22NO2S+. The maximum Gasteiger partial charge on any atom is 0.195 e. The molecule has 0 amide bonds. The molecule has 0 fully saturated rings. The molecule has 0 saturated heterocycles. The summed E-state index contributed by atoms with van der Waals surface area (Å²) in [4.78, 5) is 12.7. The third-order valence-corrected chi connectivity index (χ3v) is 4.97. The van der Waals surface area contributed by atoms with Gasteiger partial charge in [-0.2, -0.15) is 0 Å². The van der Waals surface area contributed by atoms with Gasteiger partial charge in [0.25, 0.3) is 0 Å². The van der Waals surface area contributed by atoms with Crippen LogP contribution < -0.4 is 5.43 Å². The summed E-state index contributed by atoms with van der Waals surface area (Å²) in [5.41, 5.74) is 1.17. The summed E-state index contributed by atoms with van der Waals surface area (Å²) in [5, 5.41) is 1.59. The van der Waals surface area contributed by atoms with Crippen molar-refractivity contribution in [2.45, 2.75) is 6.61 Å². The molecule has 0 atom stereocenters. The Bertz CT molecular complexity index is 893. The van der Waals surface area contributed by atoms with Gasteiger partial charge in [-0.05, 0) is 29.8 Å². The molecule has 23 heavy (non-hydrogen) atoms. The molecule has 0 spiro atoms. The Balaban J connectivity index is 1.85. The Morgan fingerprint density at radius 3 is 2.52 bits per heavy atom. The maximum absolute atomic E-state index is 12.7. The molecule has 1 heterocycles. The lowest BCUT2D eigenvalue weighted by Crippen LogP contribution is -2.37. The summed E-state index contributed by atoms with van der Waals surface area (Å²) in [6.45, 7) is 2.23. The molecule has 3 rings (SSSR count). The minimum atomic E-state index is 0.113. The number of nitrogens with zero attached hydrogens (tertiary/aromatic N) is 1. The molecular weight excluding hydrogens is 306 g/mol. The van der Waals surface area contributed by atoms with Crippen molar-refractivity contribution in [1.82, 2.24) is 0 Å². The summed E-state index contributed by atoms with van der Waals surface area (Å²) in [5.74, 6) is 0. The van der Waals surface area contributed by atoms with Gasteiger partial charge in [0.15, 0.2) is 5.43 Å². The second-order valence-electron chi connectivity index (χ2n) is 6.82. The summed E-state index contributed by atoms with van der Waals surface area (Å²) < 4.78 is 8.71. The molecule has 2 aromatic carbocycles. The van der Waals surface area contributed by atoms with E-state index in [1.54, 1.807) is 11.3 Å². The van der Waals surface area contributed by atoms with Crippen LogP contribution in [0, 0.1) is 0 Å². The minimum absolute atomic E-state index is 0.113. The highest BCUT2D eigenvalue weighted by molar-refractivity contribution is 7.24. The topological polar surface area (TPSA) is 26.3 Å². The van der Waals surface area contributed by atoms with E-state index in [1.807, 2.05) is 36.4 Å². The number of hydrogen-bond donors (Lipinski definition) is 0. The number of ether oxygens (including phenoxy) is 1. The van der Waals surface area contributed by atoms with Crippen LogP contribution in [0.4, 0.5) is 0 Å². The molecule has 0 unspecified atom stereocenters. The van der Waals surface area contributed by atoms with Crippen LogP contribution in [0.3, 0.4) is 0 Å². The minimum Gasteiger partial charge on any atom is -0.371 e. The Morgan fingerprint density at radius 1 is 1.00 bits per heavy atom. The standard InChI is InChI=1S/C19H22NO2S/c1-20(2,3)10-11-22-13-14-8-9-18-16(12-14)19(21)15-6-4-5-7-17(15)23-18/h4-9,12H,10-11,13H2,1-3H3/q+1. The predicted molar refractivity (Wildman–Crippen MR) is 98.2 cm³/mol. The van der Waals surface area contributed by atoms with E-state index in [0.29, 0.717) is 13.2 Å². The zero-order valence-corrected chi connectivity index (χ0v) is 14.7. The van der Waals surface area contributed by atoms with Gasteiger partial charge >= 0.3 is 0 Å². The molecule has 0 saturated carbocycles. The van der Waals surface area contributed by atoms with Crippen molar-refractivity contribution in [3.63, 3.8) is 0 Å². The number of hydrogen-bond acceptors (Lipinski definition) is 3. The van der Waals surface area contributed by atoms with Crippen LogP contribution in [0.5, 0.6) is 0 Å². The van der Waals surface area contributed by atoms with E-state index < -0.39 is 0 Å². The van der Waals surface area contributed by atoms with Gasteiger partial charge in [0.2, 0.25) is 0 Å². The fourth-order valence-electron chi connectivity index (χ4n) is 2.47. The van der Waals surface area contributed by atoms with Gasteiger partial charge < -0.3 is 9.22 Å². The first-order valence-electron chi connectivity index (χ1n) is 7.77. The quantitative estimate of drug-likeness (QED) is 0.406. The van der Waals surface area contributed by atoms with Crippen LogP contribution in [0.25, 0.3) is 20.2 Å². The molecule has 4 heteroatoms. The van der Waals surface area contributed by atoms with Crippen molar-refractivity contribution in [3.8, 4) is 0 Å². The first kappa shape index (κ1) is 16.1. The smallest absolute Gasteiger partial charge is 0.195 e. The van der Waals surface area contributed by atoms with E-state index in [9.17, 15) is 4.79 Å². The van der Waals surface area contributed by atoms with Crippen molar-refractivity contribution in [1.29, 1.82) is 0 Å². The second kappa shape index (κ2) is 6.40. The van der Waals surface area contributed by atoms with Crippen LogP contribution in [0.15, 0.2) is 47.3 Å². The lowest BCUT2D eigenvalue weighted by molar-refractivity contribution is -0.870. The predicted octanol–water partition coefficient (Wildman–Crippen LogP) is 3.64. The third kappa shape index (κ3) is 3.78. The summed E-state index contributed by atoms with van der Waals surface area (Å²) >= 11 is 1.66. The number of likely N-dealkylation sites (N-methyl/N-ethyl adjacent to an activating group) is 1. The van der Waals surface area contributed by atoms with Crippen LogP contribution in [-0.2, 0) is 11.3 Å². The Hall–Kier alpha value is -1.75. The van der Waals surface area contributed by atoms with E-state index in [0.717, 1.165) is 36.8 Å². The van der Waals surface area contributed by atoms with Crippen molar-refractivity contribution in [2.75, 3.05) is 34.3 Å². The number of rotatable bonds is 5. The van der Waals surface area contributed by atoms with Crippen molar-refractivity contribution in [3.05, 3.63) is 58.3 Å². The number of quaternary nitrogens is 1. The molecule has 120 valence electrons. The fraction of sp³-hybridized carbons (Fsp3) is 0.316.